The number of benzene rings is 1. The van der Waals surface area contributed by atoms with Crippen LogP contribution in [0.5, 0.6) is 11.5 Å². The first kappa shape index (κ1) is 17.8. The highest BCUT2D eigenvalue weighted by Gasteiger charge is 2.31. The van der Waals surface area contributed by atoms with E-state index in [1.54, 1.807) is 14.2 Å². The van der Waals surface area contributed by atoms with Crippen molar-refractivity contribution in [3.63, 3.8) is 0 Å². The van der Waals surface area contributed by atoms with Gasteiger partial charge in [-0.1, -0.05) is 13.8 Å². The van der Waals surface area contributed by atoms with Crippen molar-refractivity contribution in [3.8, 4) is 11.5 Å². The van der Waals surface area contributed by atoms with E-state index in [2.05, 4.69) is 13.8 Å². The zero-order valence-electron chi connectivity index (χ0n) is 13.5. The first-order valence-electron chi connectivity index (χ1n) is 7.37. The molecule has 21 heavy (non-hydrogen) atoms. The van der Waals surface area contributed by atoms with Gasteiger partial charge in [0.05, 0.1) is 19.8 Å². The van der Waals surface area contributed by atoms with E-state index in [1.165, 1.54) is 0 Å². The third-order valence-corrected chi connectivity index (χ3v) is 3.24. The Labute approximate surface area is 127 Å². The maximum atomic E-state index is 5.81. The molecule has 120 valence electrons. The van der Waals surface area contributed by atoms with Gasteiger partial charge in [0.2, 0.25) is 5.79 Å². The van der Waals surface area contributed by atoms with Crippen LogP contribution in [0.1, 0.15) is 32.3 Å². The summed E-state index contributed by atoms with van der Waals surface area (Å²) < 4.78 is 22.4. The lowest BCUT2D eigenvalue weighted by atomic mass is 10.0. The number of methoxy groups -OCH3 is 2. The molecular formula is C16H27NO4. The summed E-state index contributed by atoms with van der Waals surface area (Å²) in [6, 6.07) is 5.64. The molecule has 0 saturated carbocycles. The predicted octanol–water partition coefficient (Wildman–Crippen LogP) is 2.67. The largest absolute Gasteiger partial charge is 0.490 e. The molecule has 0 unspecified atom stereocenters. The van der Waals surface area contributed by atoms with Gasteiger partial charge >= 0.3 is 0 Å². The maximum absolute atomic E-state index is 5.81. The fraction of sp³-hybridized carbons (Fsp3) is 0.625. The highest BCUT2D eigenvalue weighted by Crippen LogP contribution is 2.34. The van der Waals surface area contributed by atoms with Gasteiger partial charge in [0.15, 0.2) is 11.5 Å². The Morgan fingerprint density at radius 3 is 2.00 bits per heavy atom. The quantitative estimate of drug-likeness (QED) is 0.673. The van der Waals surface area contributed by atoms with Crippen molar-refractivity contribution in [3.05, 3.63) is 23.8 Å². The average Bonchev–Trinajstić information content (AvgIpc) is 2.54. The van der Waals surface area contributed by atoms with Crippen LogP contribution in [0.25, 0.3) is 0 Å². The van der Waals surface area contributed by atoms with Crippen molar-refractivity contribution in [1.29, 1.82) is 0 Å². The maximum Gasteiger partial charge on any atom is 0.207 e. The molecule has 0 fully saturated rings. The summed E-state index contributed by atoms with van der Waals surface area (Å²) in [4.78, 5) is 0. The topological polar surface area (TPSA) is 62.9 Å². The highest BCUT2D eigenvalue weighted by atomic mass is 16.7. The highest BCUT2D eigenvalue weighted by molar-refractivity contribution is 5.44. The van der Waals surface area contributed by atoms with Crippen LogP contribution in [0.3, 0.4) is 0 Å². The van der Waals surface area contributed by atoms with Crippen molar-refractivity contribution in [2.24, 2.45) is 5.73 Å². The summed E-state index contributed by atoms with van der Waals surface area (Å²) in [6.45, 7) is 5.61. The van der Waals surface area contributed by atoms with Crippen LogP contribution in [-0.2, 0) is 15.3 Å². The lowest BCUT2D eigenvalue weighted by molar-refractivity contribution is -0.208. The second kappa shape index (κ2) is 8.87. The van der Waals surface area contributed by atoms with Gasteiger partial charge in [-0.3, -0.25) is 0 Å². The molecule has 1 aromatic carbocycles. The molecular weight excluding hydrogens is 270 g/mol. The number of nitrogens with two attached hydrogens (primary N) is 1. The van der Waals surface area contributed by atoms with Gasteiger partial charge in [-0.25, -0.2) is 0 Å². The minimum absolute atomic E-state index is 0.211. The van der Waals surface area contributed by atoms with Crippen LogP contribution in [0.15, 0.2) is 18.2 Å². The number of ether oxygens (including phenoxy) is 4. The summed E-state index contributed by atoms with van der Waals surface area (Å²) in [5.74, 6) is 0.454. The minimum atomic E-state index is -0.965. The molecule has 0 atom stereocenters. The lowest BCUT2D eigenvalue weighted by Gasteiger charge is -2.30. The van der Waals surface area contributed by atoms with Crippen molar-refractivity contribution in [1.82, 2.24) is 0 Å². The van der Waals surface area contributed by atoms with Crippen molar-refractivity contribution in [2.75, 3.05) is 34.0 Å². The van der Waals surface area contributed by atoms with E-state index in [9.17, 15) is 0 Å². The molecule has 0 amide bonds. The molecule has 0 saturated heterocycles. The molecule has 0 aliphatic carbocycles. The first-order valence-corrected chi connectivity index (χ1v) is 7.37. The lowest BCUT2D eigenvalue weighted by Crippen LogP contribution is -2.38. The molecule has 0 spiro atoms. The second-order valence-corrected chi connectivity index (χ2v) is 4.72. The smallest absolute Gasteiger partial charge is 0.207 e. The molecule has 0 bridgehead atoms. The summed E-state index contributed by atoms with van der Waals surface area (Å²) in [5.41, 5.74) is 6.62. The molecule has 5 heteroatoms. The van der Waals surface area contributed by atoms with Crippen LogP contribution >= 0.6 is 0 Å². The molecule has 1 aromatic rings. The van der Waals surface area contributed by atoms with Gasteiger partial charge in [0.25, 0.3) is 0 Å². The molecule has 2 N–H and O–H groups in total. The van der Waals surface area contributed by atoms with E-state index in [4.69, 9.17) is 24.7 Å². The summed E-state index contributed by atoms with van der Waals surface area (Å²) >= 11 is 0. The molecule has 0 aromatic heterocycles. The van der Waals surface area contributed by atoms with E-state index in [0.717, 1.165) is 24.2 Å². The van der Waals surface area contributed by atoms with Crippen molar-refractivity contribution < 1.29 is 18.9 Å². The Hall–Kier alpha value is -1.30. The fourth-order valence-electron chi connectivity index (χ4n) is 2.00. The van der Waals surface area contributed by atoms with E-state index in [1.807, 2.05) is 18.2 Å². The van der Waals surface area contributed by atoms with Gasteiger partial charge in [0.1, 0.15) is 0 Å². The molecule has 1 rings (SSSR count). The van der Waals surface area contributed by atoms with Gasteiger partial charge in [0, 0.05) is 19.8 Å². The summed E-state index contributed by atoms with van der Waals surface area (Å²) in [7, 11) is 3.15. The Bertz CT molecular complexity index is 410. The summed E-state index contributed by atoms with van der Waals surface area (Å²) in [5, 5.41) is 0. The van der Waals surface area contributed by atoms with Crippen molar-refractivity contribution in [2.45, 2.75) is 32.5 Å². The van der Waals surface area contributed by atoms with Gasteiger partial charge in [-0.05, 0) is 31.0 Å². The summed E-state index contributed by atoms with van der Waals surface area (Å²) in [6.07, 6.45) is 1.87. The third-order valence-electron chi connectivity index (χ3n) is 3.24. The average molecular weight is 297 g/mol. The molecule has 0 heterocycles. The number of hydrogen-bond acceptors (Lipinski definition) is 5. The standard InChI is InChI=1S/C16H27NO4/c1-5-9-20-14-8-7-13(11-15(14)21-10-6-2)16(12-17,18-3)19-4/h7-8,11H,5-6,9-10,12,17H2,1-4H3. The Morgan fingerprint density at radius 1 is 0.952 bits per heavy atom. The molecule has 0 aliphatic heterocycles. The van der Waals surface area contributed by atoms with Crippen LogP contribution in [-0.4, -0.2) is 34.0 Å². The normalized spacial score (nSPS) is 11.5. The van der Waals surface area contributed by atoms with E-state index in [-0.39, 0.29) is 6.54 Å². The fourth-order valence-corrected chi connectivity index (χ4v) is 2.00. The zero-order chi connectivity index (χ0) is 15.7. The van der Waals surface area contributed by atoms with E-state index >= 15 is 0 Å². The van der Waals surface area contributed by atoms with Crippen LogP contribution in [0, 0.1) is 0 Å². The first-order chi connectivity index (χ1) is 10.2. The Morgan fingerprint density at radius 2 is 1.52 bits per heavy atom. The minimum Gasteiger partial charge on any atom is -0.490 e. The number of rotatable bonds is 10. The van der Waals surface area contributed by atoms with Crippen LogP contribution in [0.4, 0.5) is 0 Å². The predicted molar refractivity (Wildman–Crippen MR) is 82.8 cm³/mol. The van der Waals surface area contributed by atoms with Gasteiger partial charge in [-0.15, -0.1) is 0 Å². The third kappa shape index (κ3) is 4.33. The Kier molecular flexibility index (Phi) is 7.50. The monoisotopic (exact) mass is 297 g/mol. The second-order valence-electron chi connectivity index (χ2n) is 4.72. The van der Waals surface area contributed by atoms with E-state index in [0.29, 0.717) is 19.0 Å². The zero-order valence-corrected chi connectivity index (χ0v) is 13.5. The van der Waals surface area contributed by atoms with E-state index < -0.39 is 5.79 Å². The molecule has 0 aliphatic rings. The van der Waals surface area contributed by atoms with Gasteiger partial charge in [-0.2, -0.15) is 0 Å². The molecule has 5 nitrogen and oxygen atoms in total. The van der Waals surface area contributed by atoms with Gasteiger partial charge < -0.3 is 24.7 Å². The van der Waals surface area contributed by atoms with Crippen molar-refractivity contribution >= 4 is 0 Å². The molecule has 0 radical (unpaired) electrons. The van der Waals surface area contributed by atoms with Crippen LogP contribution in [0.2, 0.25) is 0 Å². The van der Waals surface area contributed by atoms with Crippen LogP contribution < -0.4 is 15.2 Å². The number of hydrogen-bond donors (Lipinski definition) is 1. The Balaban J connectivity index is 3.12. The SMILES string of the molecule is CCCOc1ccc(C(CN)(OC)OC)cc1OCCC.